The maximum atomic E-state index is 13.2. The number of amides is 1. The van der Waals surface area contributed by atoms with Gasteiger partial charge in [-0.15, -0.1) is 0 Å². The number of hydrogen-bond acceptors (Lipinski definition) is 2. The molecule has 120 valence electrons. The van der Waals surface area contributed by atoms with Gasteiger partial charge >= 0.3 is 0 Å². The summed E-state index contributed by atoms with van der Waals surface area (Å²) in [5, 5.41) is 0. The zero-order valence-electron chi connectivity index (χ0n) is 13.0. The van der Waals surface area contributed by atoms with Crippen LogP contribution in [0.4, 0.5) is 10.1 Å². The first kappa shape index (κ1) is 15.5. The van der Waals surface area contributed by atoms with Gasteiger partial charge in [0.2, 0.25) is 0 Å². The molecule has 1 aliphatic rings. The predicted molar refractivity (Wildman–Crippen MR) is 89.6 cm³/mol. The first-order valence-corrected chi connectivity index (χ1v) is 8.01. The van der Waals surface area contributed by atoms with Crippen molar-refractivity contribution in [1.29, 1.82) is 0 Å². The zero-order valence-corrected chi connectivity index (χ0v) is 13.0. The molecule has 0 spiro atoms. The molecule has 23 heavy (non-hydrogen) atoms. The largest absolute Gasteiger partial charge is 0.399 e. The minimum Gasteiger partial charge on any atom is -0.399 e. The Morgan fingerprint density at radius 1 is 1.13 bits per heavy atom. The van der Waals surface area contributed by atoms with Crippen LogP contribution in [-0.2, 0) is 6.42 Å². The Morgan fingerprint density at radius 3 is 2.57 bits per heavy atom. The molecule has 0 bridgehead atoms. The van der Waals surface area contributed by atoms with Crippen LogP contribution < -0.4 is 5.73 Å². The number of piperidine rings is 1. The number of rotatable bonds is 3. The summed E-state index contributed by atoms with van der Waals surface area (Å²) >= 11 is 0. The van der Waals surface area contributed by atoms with E-state index in [-0.39, 0.29) is 11.7 Å². The molecule has 0 aromatic heterocycles. The van der Waals surface area contributed by atoms with Crippen LogP contribution in [-0.4, -0.2) is 23.9 Å². The van der Waals surface area contributed by atoms with Crippen LogP contribution in [0.5, 0.6) is 0 Å². The molecule has 1 heterocycles. The predicted octanol–water partition coefficient (Wildman–Crippen LogP) is 3.50. The van der Waals surface area contributed by atoms with Crippen LogP contribution >= 0.6 is 0 Å². The highest BCUT2D eigenvalue weighted by Gasteiger charge is 2.23. The lowest BCUT2D eigenvalue weighted by atomic mass is 9.90. The van der Waals surface area contributed by atoms with Crippen molar-refractivity contribution < 1.29 is 9.18 Å². The number of benzene rings is 2. The Kier molecular flexibility index (Phi) is 4.60. The van der Waals surface area contributed by atoms with E-state index < -0.39 is 0 Å². The van der Waals surface area contributed by atoms with E-state index in [1.807, 2.05) is 11.0 Å². The SMILES string of the molecule is Nc1cccc(C(=O)N2CCC(Cc3cccc(F)c3)CC2)c1. The quantitative estimate of drug-likeness (QED) is 0.882. The van der Waals surface area contributed by atoms with E-state index in [0.29, 0.717) is 17.2 Å². The van der Waals surface area contributed by atoms with Crippen molar-refractivity contribution in [3.63, 3.8) is 0 Å². The van der Waals surface area contributed by atoms with Gasteiger partial charge in [-0.2, -0.15) is 0 Å². The van der Waals surface area contributed by atoms with Gasteiger partial charge in [0.15, 0.2) is 0 Å². The number of likely N-dealkylation sites (tertiary alicyclic amines) is 1. The van der Waals surface area contributed by atoms with E-state index in [1.165, 1.54) is 6.07 Å². The van der Waals surface area contributed by atoms with Gasteiger partial charge in [0, 0.05) is 24.3 Å². The first-order chi connectivity index (χ1) is 11.1. The second-order valence-electron chi connectivity index (χ2n) is 6.20. The molecule has 0 atom stereocenters. The van der Waals surface area contributed by atoms with E-state index in [0.717, 1.165) is 37.9 Å². The van der Waals surface area contributed by atoms with Gasteiger partial charge in [-0.25, -0.2) is 4.39 Å². The van der Waals surface area contributed by atoms with Gasteiger partial charge in [-0.3, -0.25) is 4.79 Å². The second kappa shape index (κ2) is 6.82. The molecule has 3 rings (SSSR count). The highest BCUT2D eigenvalue weighted by Crippen LogP contribution is 2.23. The highest BCUT2D eigenvalue weighted by atomic mass is 19.1. The maximum Gasteiger partial charge on any atom is 0.253 e. The number of nitrogens with two attached hydrogens (primary N) is 1. The average Bonchev–Trinajstić information content (AvgIpc) is 2.55. The molecule has 2 aromatic rings. The van der Waals surface area contributed by atoms with Crippen molar-refractivity contribution in [2.75, 3.05) is 18.8 Å². The number of halogens is 1. The lowest BCUT2D eigenvalue weighted by molar-refractivity contribution is 0.0690. The molecule has 2 aromatic carbocycles. The molecule has 0 aliphatic carbocycles. The summed E-state index contributed by atoms with van der Waals surface area (Å²) in [5.74, 6) is 0.361. The first-order valence-electron chi connectivity index (χ1n) is 8.01. The third-order valence-electron chi connectivity index (χ3n) is 4.45. The maximum absolute atomic E-state index is 13.2. The Hall–Kier alpha value is -2.36. The zero-order chi connectivity index (χ0) is 16.2. The van der Waals surface area contributed by atoms with Crippen molar-refractivity contribution in [3.8, 4) is 0 Å². The van der Waals surface area contributed by atoms with Crippen LogP contribution in [0.15, 0.2) is 48.5 Å². The summed E-state index contributed by atoms with van der Waals surface area (Å²) in [4.78, 5) is 14.4. The number of hydrogen-bond donors (Lipinski definition) is 1. The monoisotopic (exact) mass is 312 g/mol. The third-order valence-corrected chi connectivity index (χ3v) is 4.45. The third kappa shape index (κ3) is 3.89. The number of carbonyl (C=O) groups is 1. The fourth-order valence-corrected chi connectivity index (χ4v) is 3.19. The molecule has 2 N–H and O–H groups in total. The van der Waals surface area contributed by atoms with Crippen LogP contribution in [0, 0.1) is 11.7 Å². The molecular weight excluding hydrogens is 291 g/mol. The molecule has 0 saturated carbocycles. The average molecular weight is 312 g/mol. The van der Waals surface area contributed by atoms with Crippen molar-refractivity contribution in [2.45, 2.75) is 19.3 Å². The van der Waals surface area contributed by atoms with Gasteiger partial charge in [-0.05, 0) is 61.1 Å². The second-order valence-corrected chi connectivity index (χ2v) is 6.20. The fraction of sp³-hybridized carbons (Fsp3) is 0.316. The van der Waals surface area contributed by atoms with Crippen molar-refractivity contribution in [3.05, 3.63) is 65.5 Å². The Bertz CT molecular complexity index is 693. The molecule has 0 radical (unpaired) electrons. The molecule has 1 saturated heterocycles. The van der Waals surface area contributed by atoms with Gasteiger partial charge < -0.3 is 10.6 Å². The van der Waals surface area contributed by atoms with E-state index >= 15 is 0 Å². The molecule has 1 fully saturated rings. The number of nitrogen functional groups attached to an aromatic ring is 1. The van der Waals surface area contributed by atoms with Gasteiger partial charge in [0.25, 0.3) is 5.91 Å². The molecule has 1 amide bonds. The number of carbonyl (C=O) groups excluding carboxylic acids is 1. The smallest absolute Gasteiger partial charge is 0.253 e. The lowest BCUT2D eigenvalue weighted by Gasteiger charge is -2.32. The molecule has 1 aliphatic heterocycles. The van der Waals surface area contributed by atoms with Gasteiger partial charge in [0.05, 0.1) is 0 Å². The summed E-state index contributed by atoms with van der Waals surface area (Å²) in [7, 11) is 0. The normalized spacial score (nSPS) is 15.6. The molecule has 3 nitrogen and oxygen atoms in total. The van der Waals surface area contributed by atoms with Gasteiger partial charge in [0.1, 0.15) is 5.82 Å². The molecular formula is C19H21FN2O. The Labute approximate surface area is 135 Å². The standard InChI is InChI=1S/C19H21FN2O/c20-17-5-1-3-15(12-17)11-14-7-9-22(10-8-14)19(23)16-4-2-6-18(21)13-16/h1-6,12-14H,7-11,21H2. The van der Waals surface area contributed by atoms with Crippen LogP contribution in [0.1, 0.15) is 28.8 Å². The number of nitrogens with zero attached hydrogens (tertiary/aromatic N) is 1. The molecule has 0 unspecified atom stereocenters. The van der Waals surface area contributed by atoms with Crippen molar-refractivity contribution >= 4 is 11.6 Å². The van der Waals surface area contributed by atoms with Crippen LogP contribution in [0.3, 0.4) is 0 Å². The summed E-state index contributed by atoms with van der Waals surface area (Å²) in [6.45, 7) is 1.49. The van der Waals surface area contributed by atoms with Crippen molar-refractivity contribution in [2.24, 2.45) is 5.92 Å². The van der Waals surface area contributed by atoms with E-state index in [1.54, 1.807) is 36.4 Å². The number of anilines is 1. The topological polar surface area (TPSA) is 46.3 Å². The summed E-state index contributed by atoms with van der Waals surface area (Å²) in [6, 6.07) is 13.9. The van der Waals surface area contributed by atoms with E-state index in [9.17, 15) is 9.18 Å². The minimum absolute atomic E-state index is 0.0431. The van der Waals surface area contributed by atoms with E-state index in [4.69, 9.17) is 5.73 Å². The van der Waals surface area contributed by atoms with Crippen LogP contribution in [0.25, 0.3) is 0 Å². The fourth-order valence-electron chi connectivity index (χ4n) is 3.19. The summed E-state index contributed by atoms with van der Waals surface area (Å²) < 4.78 is 13.2. The molecule has 4 heteroatoms. The summed E-state index contributed by atoms with van der Waals surface area (Å²) in [5.41, 5.74) is 8.03. The highest BCUT2D eigenvalue weighted by molar-refractivity contribution is 5.95. The Morgan fingerprint density at radius 2 is 1.87 bits per heavy atom. The van der Waals surface area contributed by atoms with Crippen LogP contribution in [0.2, 0.25) is 0 Å². The van der Waals surface area contributed by atoms with Crippen molar-refractivity contribution in [1.82, 2.24) is 4.90 Å². The minimum atomic E-state index is -0.184. The van der Waals surface area contributed by atoms with Gasteiger partial charge in [-0.1, -0.05) is 18.2 Å². The lowest BCUT2D eigenvalue weighted by Crippen LogP contribution is -2.38. The summed E-state index contributed by atoms with van der Waals surface area (Å²) in [6.07, 6.45) is 2.77. The van der Waals surface area contributed by atoms with E-state index in [2.05, 4.69) is 0 Å². The Balaban J connectivity index is 1.57.